The fourth-order valence-corrected chi connectivity index (χ4v) is 4.26. The first kappa shape index (κ1) is 17.0. The average Bonchev–Trinajstić information content (AvgIpc) is 3.52. The summed E-state index contributed by atoms with van der Waals surface area (Å²) in [5, 5.41) is 12.3. The number of oxime groups is 1. The van der Waals surface area contributed by atoms with Crippen LogP contribution >= 0.6 is 0 Å². The van der Waals surface area contributed by atoms with Crippen LogP contribution in [0, 0.1) is 5.92 Å². The molecule has 1 aromatic heterocycles. The molecule has 1 fully saturated rings. The molecule has 2 aliphatic rings. The normalized spacial score (nSPS) is 18.0. The van der Waals surface area contributed by atoms with Gasteiger partial charge in [-0.25, -0.2) is 0 Å². The van der Waals surface area contributed by atoms with Gasteiger partial charge >= 0.3 is 0 Å². The average molecular weight is 369 g/mol. The second kappa shape index (κ2) is 6.79. The van der Waals surface area contributed by atoms with Gasteiger partial charge in [0.25, 0.3) is 0 Å². The number of fused-ring (bicyclic) bond motifs is 1. The van der Waals surface area contributed by atoms with E-state index in [1.54, 1.807) is 7.11 Å². The summed E-state index contributed by atoms with van der Waals surface area (Å²) in [4.78, 5) is 5.12. The predicted octanol–water partition coefficient (Wildman–Crippen LogP) is 4.73. The number of aromatic amines is 1. The van der Waals surface area contributed by atoms with Crippen molar-refractivity contribution in [2.45, 2.75) is 24.7 Å². The van der Waals surface area contributed by atoms with E-state index >= 15 is 0 Å². The zero-order valence-corrected chi connectivity index (χ0v) is 15.9. The Morgan fingerprint density at radius 1 is 1.04 bits per heavy atom. The Hall–Kier alpha value is -3.14. The lowest BCUT2D eigenvalue weighted by atomic mass is 9.68. The maximum atomic E-state index is 5.12. The summed E-state index contributed by atoms with van der Waals surface area (Å²) in [5.74, 6) is 0.479. The van der Waals surface area contributed by atoms with Crippen molar-refractivity contribution in [3.63, 3.8) is 0 Å². The summed E-state index contributed by atoms with van der Waals surface area (Å²) in [7, 11) is 1.61. The highest BCUT2D eigenvalue weighted by molar-refractivity contribution is 6.04. The van der Waals surface area contributed by atoms with Crippen molar-refractivity contribution in [3.05, 3.63) is 94.8 Å². The number of nitrogens with zero attached hydrogens (tertiary/aromatic N) is 2. The number of benzene rings is 2. The van der Waals surface area contributed by atoms with Gasteiger partial charge < -0.3 is 4.84 Å². The molecule has 0 radical (unpaired) electrons. The molecular weight excluding hydrogens is 346 g/mol. The smallest absolute Gasteiger partial charge is 0.108 e. The second-order valence-electron chi connectivity index (χ2n) is 7.61. The number of rotatable bonds is 5. The minimum Gasteiger partial charge on any atom is -0.399 e. The third-order valence-electron chi connectivity index (χ3n) is 5.85. The Labute approximate surface area is 164 Å². The second-order valence-corrected chi connectivity index (χ2v) is 7.61. The van der Waals surface area contributed by atoms with Crippen molar-refractivity contribution in [1.29, 1.82) is 0 Å². The Balaban J connectivity index is 1.62. The molecule has 0 spiro atoms. The molecule has 4 heteroatoms. The van der Waals surface area contributed by atoms with Gasteiger partial charge in [-0.05, 0) is 24.0 Å². The van der Waals surface area contributed by atoms with Crippen molar-refractivity contribution >= 4 is 11.8 Å². The molecule has 2 aromatic carbocycles. The van der Waals surface area contributed by atoms with E-state index in [0.29, 0.717) is 5.92 Å². The predicted molar refractivity (Wildman–Crippen MR) is 111 cm³/mol. The van der Waals surface area contributed by atoms with Crippen LogP contribution in [-0.4, -0.2) is 23.0 Å². The molecule has 4 nitrogen and oxygen atoms in total. The van der Waals surface area contributed by atoms with Crippen molar-refractivity contribution in [3.8, 4) is 0 Å². The lowest BCUT2D eigenvalue weighted by Gasteiger charge is -2.34. The molecule has 1 heterocycles. The van der Waals surface area contributed by atoms with Gasteiger partial charge in [0, 0.05) is 23.3 Å². The standard InChI is InChI=1S/C24H23N3O/c1-28-27-22(17-12-13-17)23-20-14-15-24(16-21(20)25-26-23,18-8-4-2-5-9-18)19-10-6-3-7-11-19/h2-11,14-15,17H,12-13,16H2,1H3,(H,25,26)/b27-22-. The van der Waals surface area contributed by atoms with Crippen molar-refractivity contribution < 1.29 is 4.84 Å². The lowest BCUT2D eigenvalue weighted by molar-refractivity contribution is 0.212. The third kappa shape index (κ3) is 2.76. The molecule has 0 aliphatic heterocycles. The van der Waals surface area contributed by atoms with E-state index in [1.165, 1.54) is 11.1 Å². The molecule has 0 unspecified atom stereocenters. The third-order valence-corrected chi connectivity index (χ3v) is 5.85. The van der Waals surface area contributed by atoms with Crippen LogP contribution in [0.5, 0.6) is 0 Å². The summed E-state index contributed by atoms with van der Waals surface area (Å²) in [6, 6.07) is 21.4. The van der Waals surface area contributed by atoms with Gasteiger partial charge in [-0.1, -0.05) is 78.0 Å². The fourth-order valence-electron chi connectivity index (χ4n) is 4.26. The number of aromatic nitrogens is 2. The lowest BCUT2D eigenvalue weighted by Crippen LogP contribution is -2.30. The van der Waals surface area contributed by atoms with Crippen LogP contribution in [0.2, 0.25) is 0 Å². The van der Waals surface area contributed by atoms with Crippen molar-refractivity contribution in [2.24, 2.45) is 11.1 Å². The van der Waals surface area contributed by atoms with E-state index in [4.69, 9.17) is 9.94 Å². The largest absolute Gasteiger partial charge is 0.399 e. The molecular formula is C24H23N3O. The van der Waals surface area contributed by atoms with Crippen LogP contribution in [-0.2, 0) is 16.7 Å². The highest BCUT2D eigenvalue weighted by Crippen LogP contribution is 2.43. The van der Waals surface area contributed by atoms with Crippen LogP contribution < -0.4 is 0 Å². The quantitative estimate of drug-likeness (QED) is 0.522. The fraction of sp³-hybridized carbons (Fsp3) is 0.250. The minimum absolute atomic E-state index is 0.222. The summed E-state index contributed by atoms with van der Waals surface area (Å²) in [6.45, 7) is 0. The summed E-state index contributed by atoms with van der Waals surface area (Å²) >= 11 is 0. The van der Waals surface area contributed by atoms with Gasteiger partial charge in [0.1, 0.15) is 12.8 Å². The molecule has 0 amide bonds. The molecule has 2 aliphatic carbocycles. The monoisotopic (exact) mass is 369 g/mol. The van der Waals surface area contributed by atoms with Crippen LogP contribution in [0.4, 0.5) is 0 Å². The first-order valence-corrected chi connectivity index (χ1v) is 9.81. The topological polar surface area (TPSA) is 50.3 Å². The van der Waals surface area contributed by atoms with E-state index < -0.39 is 0 Å². The molecule has 1 saturated carbocycles. The van der Waals surface area contributed by atoms with Crippen molar-refractivity contribution in [1.82, 2.24) is 10.2 Å². The minimum atomic E-state index is -0.222. The molecule has 28 heavy (non-hydrogen) atoms. The summed E-state index contributed by atoms with van der Waals surface area (Å²) in [6.07, 6.45) is 7.69. The molecule has 0 atom stereocenters. The number of allylic oxidation sites excluding steroid dienone is 1. The summed E-state index contributed by atoms with van der Waals surface area (Å²) in [5.41, 5.74) is 6.55. The number of nitrogens with one attached hydrogen (secondary N) is 1. The van der Waals surface area contributed by atoms with E-state index in [2.05, 4.69) is 83.1 Å². The first-order chi connectivity index (χ1) is 13.8. The molecule has 140 valence electrons. The Morgan fingerprint density at radius 2 is 1.68 bits per heavy atom. The van der Waals surface area contributed by atoms with Gasteiger partial charge in [-0.15, -0.1) is 0 Å². The van der Waals surface area contributed by atoms with E-state index in [-0.39, 0.29) is 5.41 Å². The van der Waals surface area contributed by atoms with E-state index in [9.17, 15) is 0 Å². The van der Waals surface area contributed by atoms with Gasteiger partial charge in [0.15, 0.2) is 0 Å². The van der Waals surface area contributed by atoms with Gasteiger partial charge in [-0.3, -0.25) is 5.10 Å². The molecule has 3 aromatic rings. The first-order valence-electron chi connectivity index (χ1n) is 9.81. The number of hydrogen-bond donors (Lipinski definition) is 1. The van der Waals surface area contributed by atoms with Crippen LogP contribution in [0.3, 0.4) is 0 Å². The Bertz CT molecular complexity index is 991. The van der Waals surface area contributed by atoms with Crippen LogP contribution in [0.15, 0.2) is 71.9 Å². The zero-order valence-electron chi connectivity index (χ0n) is 15.9. The van der Waals surface area contributed by atoms with Crippen LogP contribution in [0.25, 0.3) is 6.08 Å². The maximum Gasteiger partial charge on any atom is 0.108 e. The maximum absolute atomic E-state index is 5.12. The van der Waals surface area contributed by atoms with E-state index in [1.807, 2.05) is 0 Å². The molecule has 5 rings (SSSR count). The highest BCUT2D eigenvalue weighted by Gasteiger charge is 2.38. The van der Waals surface area contributed by atoms with Crippen LogP contribution in [0.1, 0.15) is 40.9 Å². The number of H-pyrrole nitrogens is 1. The Kier molecular flexibility index (Phi) is 4.12. The molecule has 1 N–H and O–H groups in total. The highest BCUT2D eigenvalue weighted by atomic mass is 16.6. The SMILES string of the molecule is CO/N=C(\c1[nH]nc2c1C=CC(c1ccccc1)(c1ccccc1)C2)C1CC1. The molecule has 0 saturated heterocycles. The van der Waals surface area contributed by atoms with Gasteiger partial charge in [0.05, 0.1) is 11.4 Å². The number of hydrogen-bond acceptors (Lipinski definition) is 3. The summed E-state index contributed by atoms with van der Waals surface area (Å²) < 4.78 is 0. The van der Waals surface area contributed by atoms with Gasteiger partial charge in [0.2, 0.25) is 0 Å². The molecule has 0 bridgehead atoms. The van der Waals surface area contributed by atoms with Gasteiger partial charge in [-0.2, -0.15) is 5.10 Å². The van der Waals surface area contributed by atoms with Crippen molar-refractivity contribution in [2.75, 3.05) is 7.11 Å². The van der Waals surface area contributed by atoms with E-state index in [0.717, 1.165) is 41.9 Å². The zero-order chi connectivity index (χ0) is 19.0. The Morgan fingerprint density at radius 3 is 2.25 bits per heavy atom.